The van der Waals surface area contributed by atoms with Crippen molar-refractivity contribution in [2.75, 3.05) is 33.3 Å². The summed E-state index contributed by atoms with van der Waals surface area (Å²) in [5, 5.41) is 2.46. The molecular formula is C30H39ClN2O2. The number of carbonyl (C=O) groups excluding carboxylic acids is 1. The molecule has 4 rings (SSSR count). The van der Waals surface area contributed by atoms with Gasteiger partial charge in [-0.3, -0.25) is 14.6 Å². The van der Waals surface area contributed by atoms with Crippen molar-refractivity contribution < 1.29 is 9.53 Å². The minimum Gasteiger partial charge on any atom is -0.495 e. The van der Waals surface area contributed by atoms with E-state index in [-0.39, 0.29) is 11.8 Å². The number of rotatable bonds is 9. The number of fused-ring (bicyclic) bond motifs is 1. The molecule has 0 aromatic heterocycles. The lowest BCUT2D eigenvalue weighted by molar-refractivity contribution is 0.0628. The molecule has 1 unspecified atom stereocenters. The van der Waals surface area contributed by atoms with E-state index in [1.807, 2.05) is 44.2 Å². The number of methoxy groups -OCH3 is 1. The maximum Gasteiger partial charge on any atom is 0.179 e. The van der Waals surface area contributed by atoms with Crippen LogP contribution in [0.2, 0.25) is 5.02 Å². The largest absolute Gasteiger partial charge is 0.495 e. The molecule has 0 amide bonds. The molecule has 5 heteroatoms. The lowest BCUT2D eigenvalue weighted by Crippen LogP contribution is -2.52. The molecule has 35 heavy (non-hydrogen) atoms. The molecule has 0 saturated carbocycles. The fourth-order valence-corrected chi connectivity index (χ4v) is 5.04. The fourth-order valence-electron chi connectivity index (χ4n) is 4.73. The van der Waals surface area contributed by atoms with Crippen LogP contribution in [-0.4, -0.2) is 54.9 Å². The van der Waals surface area contributed by atoms with Crippen LogP contribution in [0.5, 0.6) is 5.75 Å². The fraction of sp³-hybridized carbons (Fsp3) is 0.433. The van der Waals surface area contributed by atoms with Crippen LogP contribution in [0.1, 0.15) is 56.0 Å². The Morgan fingerprint density at radius 1 is 1.00 bits per heavy atom. The highest BCUT2D eigenvalue weighted by molar-refractivity contribution is 6.37. The molecule has 1 aliphatic heterocycles. The van der Waals surface area contributed by atoms with Gasteiger partial charge >= 0.3 is 0 Å². The molecule has 3 aromatic rings. The molecule has 1 saturated heterocycles. The quantitative estimate of drug-likeness (QED) is 0.297. The number of hydrogen-bond acceptors (Lipinski definition) is 4. The number of Topliss-reactive ketones (excluding diaryl/α,β-unsaturated/α-hetero) is 1. The molecule has 4 nitrogen and oxygen atoms in total. The van der Waals surface area contributed by atoms with Crippen molar-refractivity contribution in [3.8, 4) is 5.75 Å². The first-order valence-electron chi connectivity index (χ1n) is 12.9. The highest BCUT2D eigenvalue weighted by Crippen LogP contribution is 2.33. The van der Waals surface area contributed by atoms with Crippen molar-refractivity contribution in [3.05, 3.63) is 76.8 Å². The number of nitrogens with zero attached hydrogens (tertiary/aromatic N) is 2. The van der Waals surface area contributed by atoms with Crippen LogP contribution >= 0.6 is 11.6 Å². The number of benzene rings is 3. The number of ether oxygens (including phenoxy) is 1. The smallest absolute Gasteiger partial charge is 0.179 e. The molecule has 0 bridgehead atoms. The van der Waals surface area contributed by atoms with Gasteiger partial charge in [-0.2, -0.15) is 0 Å². The number of ketones is 1. The zero-order valence-electron chi connectivity index (χ0n) is 21.6. The Bertz CT molecular complexity index is 1080. The Kier molecular flexibility index (Phi) is 10.6. The lowest BCUT2D eigenvalue weighted by Gasteiger charge is -2.39. The molecule has 188 valence electrons. The van der Waals surface area contributed by atoms with Crippen LogP contribution in [0.4, 0.5) is 0 Å². The third-order valence-electron chi connectivity index (χ3n) is 6.65. The van der Waals surface area contributed by atoms with E-state index in [9.17, 15) is 4.79 Å². The number of halogens is 1. The molecule has 0 aliphatic carbocycles. The van der Waals surface area contributed by atoms with E-state index in [2.05, 4.69) is 47.1 Å². The first-order chi connectivity index (χ1) is 17.1. The van der Waals surface area contributed by atoms with Gasteiger partial charge in [-0.1, -0.05) is 93.7 Å². The van der Waals surface area contributed by atoms with Gasteiger partial charge in [0.1, 0.15) is 5.75 Å². The van der Waals surface area contributed by atoms with E-state index in [0.717, 1.165) is 68.3 Å². The Morgan fingerprint density at radius 3 is 2.37 bits per heavy atom. The van der Waals surface area contributed by atoms with Gasteiger partial charge < -0.3 is 4.74 Å². The minimum atomic E-state index is -0.0741. The van der Waals surface area contributed by atoms with Crippen LogP contribution < -0.4 is 4.74 Å². The van der Waals surface area contributed by atoms with Gasteiger partial charge in [0.15, 0.2) is 5.78 Å². The van der Waals surface area contributed by atoms with Crippen molar-refractivity contribution in [2.24, 2.45) is 0 Å². The maximum atomic E-state index is 13.7. The van der Waals surface area contributed by atoms with Gasteiger partial charge in [0.2, 0.25) is 0 Å². The van der Waals surface area contributed by atoms with Crippen molar-refractivity contribution >= 4 is 28.2 Å². The van der Waals surface area contributed by atoms with Gasteiger partial charge in [0, 0.05) is 43.7 Å². The predicted octanol–water partition coefficient (Wildman–Crippen LogP) is 7.09. The average Bonchev–Trinajstić information content (AvgIpc) is 2.91. The molecule has 3 aromatic carbocycles. The summed E-state index contributed by atoms with van der Waals surface area (Å²) < 4.78 is 5.33. The number of unbranched alkanes of at least 4 members (excludes halogenated alkanes) is 1. The molecule has 1 aliphatic rings. The summed E-state index contributed by atoms with van der Waals surface area (Å²) in [6, 6.07) is 20.2. The third-order valence-corrected chi connectivity index (χ3v) is 7.04. The summed E-state index contributed by atoms with van der Waals surface area (Å²) in [5.41, 5.74) is 2.10. The zero-order chi connectivity index (χ0) is 25.2. The number of piperazine rings is 1. The Morgan fingerprint density at radius 2 is 1.71 bits per heavy atom. The first kappa shape index (κ1) is 27.2. The van der Waals surface area contributed by atoms with Crippen molar-refractivity contribution in [1.82, 2.24) is 9.80 Å². The van der Waals surface area contributed by atoms with Crippen LogP contribution in [-0.2, 0) is 6.54 Å². The molecule has 1 atom stereocenters. The highest BCUT2D eigenvalue weighted by atomic mass is 35.5. The molecule has 0 N–H and O–H groups in total. The Hall–Kier alpha value is -2.40. The van der Waals surface area contributed by atoms with E-state index < -0.39 is 0 Å². The molecular weight excluding hydrogens is 456 g/mol. The van der Waals surface area contributed by atoms with Gasteiger partial charge in [-0.15, -0.1) is 0 Å². The van der Waals surface area contributed by atoms with Crippen molar-refractivity contribution in [1.29, 1.82) is 0 Å². The lowest BCUT2D eigenvalue weighted by atomic mass is 9.95. The molecule has 0 spiro atoms. The summed E-state index contributed by atoms with van der Waals surface area (Å²) in [6.45, 7) is 11.0. The van der Waals surface area contributed by atoms with Crippen LogP contribution in [0, 0.1) is 0 Å². The van der Waals surface area contributed by atoms with E-state index in [0.29, 0.717) is 10.8 Å². The molecule has 1 heterocycles. The second-order valence-corrected chi connectivity index (χ2v) is 9.22. The zero-order valence-corrected chi connectivity index (χ0v) is 22.4. The first-order valence-corrected chi connectivity index (χ1v) is 13.3. The van der Waals surface area contributed by atoms with E-state index >= 15 is 0 Å². The van der Waals surface area contributed by atoms with Crippen molar-refractivity contribution in [2.45, 2.75) is 52.6 Å². The van der Waals surface area contributed by atoms with Crippen LogP contribution in [0.25, 0.3) is 10.8 Å². The van der Waals surface area contributed by atoms with Crippen LogP contribution in [0.15, 0.2) is 60.7 Å². The number of carbonyl (C=O) groups is 1. The summed E-state index contributed by atoms with van der Waals surface area (Å²) in [6.07, 6.45) is 3.04. The van der Waals surface area contributed by atoms with Gasteiger partial charge in [-0.25, -0.2) is 0 Å². The molecule has 1 fully saturated rings. The monoisotopic (exact) mass is 494 g/mol. The summed E-state index contributed by atoms with van der Waals surface area (Å²) in [4.78, 5) is 18.5. The van der Waals surface area contributed by atoms with Crippen molar-refractivity contribution in [3.63, 3.8) is 0 Å². The van der Waals surface area contributed by atoms with Gasteiger partial charge in [0.05, 0.1) is 18.2 Å². The third kappa shape index (κ3) is 6.84. The topological polar surface area (TPSA) is 32.8 Å². The van der Waals surface area contributed by atoms with E-state index in [1.54, 1.807) is 7.11 Å². The predicted molar refractivity (Wildman–Crippen MR) is 148 cm³/mol. The second-order valence-electron chi connectivity index (χ2n) is 8.84. The van der Waals surface area contributed by atoms with Gasteiger partial charge in [-0.05, 0) is 29.5 Å². The normalized spacial score (nSPS) is 15.3. The SMILES string of the molecule is CC.CCCCC(C(=O)c1ccc2c(Cl)c(OC)ccc2c1)N1CCN(Cc2ccccc2)CC1. The number of hydrogen-bond donors (Lipinski definition) is 0. The van der Waals surface area contributed by atoms with Gasteiger partial charge in [0.25, 0.3) is 0 Å². The minimum absolute atomic E-state index is 0.0741. The van der Waals surface area contributed by atoms with E-state index in [1.165, 1.54) is 5.56 Å². The van der Waals surface area contributed by atoms with Crippen LogP contribution in [0.3, 0.4) is 0 Å². The Balaban J connectivity index is 0.00000167. The maximum absolute atomic E-state index is 13.7. The highest BCUT2D eigenvalue weighted by Gasteiger charge is 2.29. The summed E-state index contributed by atoms with van der Waals surface area (Å²) in [5.74, 6) is 0.867. The summed E-state index contributed by atoms with van der Waals surface area (Å²) in [7, 11) is 1.61. The Labute approximate surface area is 215 Å². The van der Waals surface area contributed by atoms with E-state index in [4.69, 9.17) is 16.3 Å². The molecule has 0 radical (unpaired) electrons. The average molecular weight is 495 g/mol. The standard InChI is InChI=1S/C28H33ClN2O2.C2H6/c1-3-4-10-25(31-17-15-30(16-18-31)20-21-8-6-5-7-9-21)28(32)23-11-13-24-22(19-23)12-14-26(33-2)27(24)29;1-2/h5-9,11-14,19,25H,3-4,10,15-18,20H2,1-2H3;1-2H3. The summed E-state index contributed by atoms with van der Waals surface area (Å²) >= 11 is 6.48. The second kappa shape index (κ2) is 13.6.